The molecule has 0 amide bonds. The van der Waals surface area contributed by atoms with Gasteiger partial charge in [-0.25, -0.2) is 4.99 Å². The molecule has 0 bridgehead atoms. The summed E-state index contributed by atoms with van der Waals surface area (Å²) in [6.07, 6.45) is 1.78. The molecule has 0 aromatic heterocycles. The van der Waals surface area contributed by atoms with E-state index in [0.29, 0.717) is 0 Å². The number of aliphatic imine (C=N–C) groups is 1. The Hall–Kier alpha value is -2.78. The van der Waals surface area contributed by atoms with E-state index in [1.807, 2.05) is 55.5 Å². The topological polar surface area (TPSA) is 21.6 Å². The van der Waals surface area contributed by atoms with Crippen LogP contribution in [0.2, 0.25) is 0 Å². The van der Waals surface area contributed by atoms with Gasteiger partial charge in [0, 0.05) is 10.5 Å². The molecule has 0 atom stereocenters. The lowest BCUT2D eigenvalue weighted by atomic mass is 10.2. The third kappa shape index (κ3) is 5.87. The highest BCUT2D eigenvalue weighted by molar-refractivity contribution is 8.14. The third-order valence-corrected chi connectivity index (χ3v) is 5.04. The zero-order valence-corrected chi connectivity index (χ0v) is 16.7. The number of hydrogen-bond acceptors (Lipinski definition) is 3. The second kappa shape index (κ2) is 9.24. The van der Waals surface area contributed by atoms with Gasteiger partial charge in [0.1, 0.15) is 10.8 Å². The number of rotatable bonds is 5. The molecule has 0 saturated heterocycles. The number of hydrogen-bond donors (Lipinski definition) is 0. The average Bonchev–Trinajstić information content (AvgIpc) is 2.68. The van der Waals surface area contributed by atoms with Crippen molar-refractivity contribution >= 4 is 22.5 Å². The molecule has 3 heteroatoms. The second-order valence-corrected chi connectivity index (χ2v) is 7.47. The molecule has 0 fully saturated rings. The van der Waals surface area contributed by atoms with Crippen LogP contribution in [0.3, 0.4) is 0 Å². The van der Waals surface area contributed by atoms with Crippen molar-refractivity contribution in [3.8, 4) is 5.75 Å². The zero-order valence-electron chi connectivity index (χ0n) is 15.8. The fraction of sp³-hybridized carbons (Fsp3) is 0.125. The lowest BCUT2D eigenvalue weighted by Crippen LogP contribution is -1.97. The van der Waals surface area contributed by atoms with Crippen molar-refractivity contribution in [2.45, 2.75) is 25.7 Å². The second-order valence-electron chi connectivity index (χ2n) is 6.40. The molecule has 0 aliphatic rings. The van der Waals surface area contributed by atoms with Crippen molar-refractivity contribution in [1.29, 1.82) is 0 Å². The highest BCUT2D eigenvalue weighted by atomic mass is 32.2. The van der Waals surface area contributed by atoms with Crippen LogP contribution >= 0.6 is 11.8 Å². The van der Waals surface area contributed by atoms with Gasteiger partial charge in [-0.15, -0.1) is 0 Å². The molecule has 3 rings (SSSR count). The molecule has 0 N–H and O–H groups in total. The Morgan fingerprint density at radius 1 is 0.852 bits per heavy atom. The van der Waals surface area contributed by atoms with Crippen molar-refractivity contribution in [2.24, 2.45) is 4.99 Å². The minimum Gasteiger partial charge on any atom is -0.465 e. The Balaban J connectivity index is 1.87. The normalized spacial score (nSPS) is 12.1. The quantitative estimate of drug-likeness (QED) is 0.206. The smallest absolute Gasteiger partial charge is 0.126 e. The van der Waals surface area contributed by atoms with Gasteiger partial charge in [0.25, 0.3) is 0 Å². The molecule has 3 aromatic carbocycles. The maximum atomic E-state index is 5.87. The Morgan fingerprint density at radius 2 is 1.59 bits per heavy atom. The molecule has 0 aliphatic heterocycles. The van der Waals surface area contributed by atoms with E-state index in [-0.39, 0.29) is 0 Å². The highest BCUT2D eigenvalue weighted by Crippen LogP contribution is 2.27. The number of benzene rings is 3. The van der Waals surface area contributed by atoms with E-state index in [4.69, 9.17) is 9.73 Å². The van der Waals surface area contributed by atoms with Crippen LogP contribution in [0.15, 0.2) is 101 Å². The van der Waals surface area contributed by atoms with Gasteiger partial charge in [-0.2, -0.15) is 0 Å². The van der Waals surface area contributed by atoms with Gasteiger partial charge < -0.3 is 4.74 Å². The maximum absolute atomic E-state index is 5.87. The summed E-state index contributed by atoms with van der Waals surface area (Å²) in [5, 5.41) is 0.915. The first-order valence-corrected chi connectivity index (χ1v) is 9.70. The lowest BCUT2D eigenvalue weighted by Gasteiger charge is -2.09. The van der Waals surface area contributed by atoms with Crippen LogP contribution in [0.4, 0.5) is 5.69 Å². The van der Waals surface area contributed by atoms with Gasteiger partial charge in [-0.05, 0) is 62.7 Å². The van der Waals surface area contributed by atoms with E-state index in [1.165, 1.54) is 11.1 Å². The molecule has 0 aliphatic carbocycles. The van der Waals surface area contributed by atoms with Gasteiger partial charge in [-0.3, -0.25) is 0 Å². The van der Waals surface area contributed by atoms with Crippen LogP contribution in [0, 0.1) is 13.8 Å². The van der Waals surface area contributed by atoms with Crippen molar-refractivity contribution in [3.05, 3.63) is 102 Å². The van der Waals surface area contributed by atoms with Crippen molar-refractivity contribution in [3.63, 3.8) is 0 Å². The van der Waals surface area contributed by atoms with E-state index in [0.717, 1.165) is 26.9 Å². The van der Waals surface area contributed by atoms with E-state index in [2.05, 4.69) is 44.2 Å². The molecule has 136 valence electrons. The van der Waals surface area contributed by atoms with E-state index in [9.17, 15) is 0 Å². The van der Waals surface area contributed by atoms with E-state index >= 15 is 0 Å². The highest BCUT2D eigenvalue weighted by Gasteiger charge is 2.07. The SMILES string of the molecule is CC(=C\Oc1cccc(C)c1)/C(=N/c1ccc(C)cc1)Sc1ccccc1. The summed E-state index contributed by atoms with van der Waals surface area (Å²) in [6, 6.07) is 26.5. The predicted molar refractivity (Wildman–Crippen MR) is 116 cm³/mol. The maximum Gasteiger partial charge on any atom is 0.126 e. The summed E-state index contributed by atoms with van der Waals surface area (Å²) in [7, 11) is 0. The largest absolute Gasteiger partial charge is 0.465 e. The third-order valence-electron chi connectivity index (χ3n) is 3.92. The molecule has 0 heterocycles. The number of thioether (sulfide) groups is 1. The lowest BCUT2D eigenvalue weighted by molar-refractivity contribution is 0.478. The Labute approximate surface area is 165 Å². The Kier molecular flexibility index (Phi) is 6.50. The molecule has 0 spiro atoms. The minimum absolute atomic E-state index is 0.828. The van der Waals surface area contributed by atoms with Crippen molar-refractivity contribution in [1.82, 2.24) is 0 Å². The standard InChI is InChI=1S/C24H23NOS/c1-18-12-14-21(15-13-18)25-24(27-23-10-5-4-6-11-23)20(3)17-26-22-9-7-8-19(2)16-22/h4-17H,1-3H3/b20-17+,25-24-. The van der Waals surface area contributed by atoms with Gasteiger partial charge >= 0.3 is 0 Å². The van der Waals surface area contributed by atoms with Crippen LogP contribution in [-0.2, 0) is 0 Å². The van der Waals surface area contributed by atoms with Crippen LogP contribution < -0.4 is 4.74 Å². The summed E-state index contributed by atoms with van der Waals surface area (Å²) >= 11 is 1.64. The van der Waals surface area contributed by atoms with Crippen LogP contribution in [0.5, 0.6) is 5.75 Å². The summed E-state index contributed by atoms with van der Waals surface area (Å²) in [6.45, 7) is 6.16. The Morgan fingerprint density at radius 3 is 2.30 bits per heavy atom. The summed E-state index contributed by atoms with van der Waals surface area (Å²) in [5.41, 5.74) is 4.31. The van der Waals surface area contributed by atoms with Gasteiger partial charge in [0.05, 0.1) is 11.9 Å². The molecular formula is C24H23NOS. The van der Waals surface area contributed by atoms with E-state index < -0.39 is 0 Å². The monoisotopic (exact) mass is 373 g/mol. The summed E-state index contributed by atoms with van der Waals surface area (Å²) < 4.78 is 5.87. The van der Waals surface area contributed by atoms with Gasteiger partial charge in [0.15, 0.2) is 0 Å². The predicted octanol–water partition coefficient (Wildman–Crippen LogP) is 7.11. The fourth-order valence-corrected chi connectivity index (χ4v) is 3.30. The number of aryl methyl sites for hydroxylation is 2. The first-order valence-electron chi connectivity index (χ1n) is 8.89. The summed E-state index contributed by atoms with van der Waals surface area (Å²) in [5.74, 6) is 0.828. The zero-order chi connectivity index (χ0) is 19.1. The molecule has 2 nitrogen and oxygen atoms in total. The molecular weight excluding hydrogens is 350 g/mol. The Bertz CT molecular complexity index is 944. The van der Waals surface area contributed by atoms with Crippen LogP contribution in [0.1, 0.15) is 18.1 Å². The number of nitrogens with zero attached hydrogens (tertiary/aromatic N) is 1. The van der Waals surface area contributed by atoms with E-state index in [1.54, 1.807) is 18.0 Å². The molecule has 27 heavy (non-hydrogen) atoms. The number of ether oxygens (including phenoxy) is 1. The molecule has 3 aromatic rings. The van der Waals surface area contributed by atoms with Crippen molar-refractivity contribution in [2.75, 3.05) is 0 Å². The van der Waals surface area contributed by atoms with Gasteiger partial charge in [-0.1, -0.05) is 59.8 Å². The van der Waals surface area contributed by atoms with Gasteiger partial charge in [0.2, 0.25) is 0 Å². The summed E-state index contributed by atoms with van der Waals surface area (Å²) in [4.78, 5) is 6.00. The molecule has 0 saturated carbocycles. The molecule has 0 unspecified atom stereocenters. The fourth-order valence-electron chi connectivity index (χ4n) is 2.42. The first kappa shape index (κ1) is 19.0. The van der Waals surface area contributed by atoms with Crippen LogP contribution in [0.25, 0.3) is 0 Å². The minimum atomic E-state index is 0.828. The average molecular weight is 374 g/mol. The van der Waals surface area contributed by atoms with Crippen LogP contribution in [-0.4, -0.2) is 5.04 Å². The molecule has 0 radical (unpaired) electrons. The first-order chi connectivity index (χ1) is 13.1. The van der Waals surface area contributed by atoms with Crippen molar-refractivity contribution < 1.29 is 4.74 Å².